The molecule has 1 fully saturated rings. The van der Waals surface area contributed by atoms with Gasteiger partial charge in [-0.05, 0) is 58.3 Å². The summed E-state index contributed by atoms with van der Waals surface area (Å²) in [6, 6.07) is 20.5. The third-order valence-electron chi connectivity index (χ3n) is 5.51. The molecule has 176 valence electrons. The smallest absolute Gasteiger partial charge is 0.293 e. The number of nitrogens with zero attached hydrogens (tertiary/aromatic N) is 2. The summed E-state index contributed by atoms with van der Waals surface area (Å²) in [6.45, 7) is 0.150. The molecule has 0 aliphatic carbocycles. The monoisotopic (exact) mass is 486 g/mol. The summed E-state index contributed by atoms with van der Waals surface area (Å²) < 4.78 is 16.1. The Balaban J connectivity index is 1.55. The first-order valence-electron chi connectivity index (χ1n) is 10.6. The van der Waals surface area contributed by atoms with Gasteiger partial charge in [0.05, 0.1) is 44.4 Å². The molecule has 3 aromatic rings. The third-order valence-corrected chi connectivity index (χ3v) is 6.42. The standard InChI is InChI=1S/C27H22N2O5S/c1-32-22-12-18(13-23(33-2)25(22)34-3)14-24-26(30)29(27(31)35-24)16-17-8-10-19(11-9-17)21-7-5-4-6-20(21)15-28/h4-14H,16H2,1-3H3/b24-14-. The summed E-state index contributed by atoms with van der Waals surface area (Å²) >= 11 is 0.887. The van der Waals surface area contributed by atoms with E-state index >= 15 is 0 Å². The van der Waals surface area contributed by atoms with Crippen LogP contribution in [-0.4, -0.2) is 37.4 Å². The lowest BCUT2D eigenvalue weighted by molar-refractivity contribution is -0.123. The Morgan fingerprint density at radius 3 is 2.20 bits per heavy atom. The number of hydrogen-bond acceptors (Lipinski definition) is 7. The fourth-order valence-corrected chi connectivity index (χ4v) is 4.62. The van der Waals surface area contributed by atoms with E-state index in [9.17, 15) is 14.9 Å². The molecule has 1 aliphatic heterocycles. The summed E-state index contributed by atoms with van der Waals surface area (Å²) in [5, 5.41) is 9.00. The molecule has 0 radical (unpaired) electrons. The quantitative estimate of drug-likeness (QED) is 0.408. The number of hydrogen-bond donors (Lipinski definition) is 0. The molecule has 0 bridgehead atoms. The van der Waals surface area contributed by atoms with Crippen LogP contribution in [0.1, 0.15) is 16.7 Å². The normalized spacial score (nSPS) is 14.2. The van der Waals surface area contributed by atoms with Crippen molar-refractivity contribution in [1.29, 1.82) is 5.26 Å². The summed E-state index contributed by atoms with van der Waals surface area (Å²) in [6.07, 6.45) is 1.64. The van der Waals surface area contributed by atoms with Crippen molar-refractivity contribution in [2.45, 2.75) is 6.54 Å². The SMILES string of the molecule is COc1cc(/C=C2\SC(=O)N(Cc3ccc(-c4ccccc4C#N)cc3)C2=O)cc(OC)c1OC. The number of benzene rings is 3. The number of nitriles is 1. The van der Waals surface area contributed by atoms with Gasteiger partial charge in [0.1, 0.15) is 0 Å². The van der Waals surface area contributed by atoms with Crippen molar-refractivity contribution in [2.75, 3.05) is 21.3 Å². The van der Waals surface area contributed by atoms with Crippen LogP contribution in [0.3, 0.4) is 0 Å². The molecule has 0 spiro atoms. The van der Waals surface area contributed by atoms with Crippen molar-refractivity contribution in [3.05, 3.63) is 82.3 Å². The zero-order chi connectivity index (χ0) is 24.9. The molecule has 0 aromatic heterocycles. The van der Waals surface area contributed by atoms with E-state index in [1.54, 1.807) is 24.3 Å². The first-order valence-corrected chi connectivity index (χ1v) is 11.4. The minimum atomic E-state index is -0.368. The van der Waals surface area contributed by atoms with Crippen molar-refractivity contribution < 1.29 is 23.8 Å². The van der Waals surface area contributed by atoms with Gasteiger partial charge in [-0.15, -0.1) is 0 Å². The molecule has 2 amide bonds. The molecule has 1 aliphatic rings. The largest absolute Gasteiger partial charge is 0.493 e. The van der Waals surface area contributed by atoms with Gasteiger partial charge in [-0.2, -0.15) is 5.26 Å². The van der Waals surface area contributed by atoms with Gasteiger partial charge in [-0.25, -0.2) is 0 Å². The molecule has 1 heterocycles. The molecular formula is C27H22N2O5S. The van der Waals surface area contributed by atoms with Gasteiger partial charge < -0.3 is 14.2 Å². The predicted octanol–water partition coefficient (Wildman–Crippen LogP) is 5.49. The Labute approximate surface area is 207 Å². The summed E-state index contributed by atoms with van der Waals surface area (Å²) in [7, 11) is 4.54. The van der Waals surface area contributed by atoms with E-state index < -0.39 is 0 Å². The van der Waals surface area contributed by atoms with Crippen molar-refractivity contribution in [3.8, 4) is 34.4 Å². The molecule has 8 heteroatoms. The number of carbonyl (C=O) groups excluding carboxylic acids is 2. The minimum absolute atomic E-state index is 0.150. The highest BCUT2D eigenvalue weighted by Gasteiger charge is 2.35. The lowest BCUT2D eigenvalue weighted by atomic mass is 9.99. The summed E-state index contributed by atoms with van der Waals surface area (Å²) in [4.78, 5) is 27.2. The van der Waals surface area contributed by atoms with Gasteiger partial charge in [0.2, 0.25) is 5.75 Å². The van der Waals surface area contributed by atoms with E-state index in [1.165, 1.54) is 26.2 Å². The fraction of sp³-hybridized carbons (Fsp3) is 0.148. The average molecular weight is 487 g/mol. The number of amides is 2. The van der Waals surface area contributed by atoms with Crippen molar-refractivity contribution in [1.82, 2.24) is 4.90 Å². The van der Waals surface area contributed by atoms with E-state index in [1.807, 2.05) is 42.5 Å². The number of carbonyl (C=O) groups is 2. The lowest BCUT2D eigenvalue weighted by Gasteiger charge is -2.14. The Kier molecular flexibility index (Phi) is 7.09. The zero-order valence-corrected chi connectivity index (χ0v) is 20.2. The van der Waals surface area contributed by atoms with Crippen LogP contribution in [0.2, 0.25) is 0 Å². The molecule has 3 aromatic carbocycles. The maximum Gasteiger partial charge on any atom is 0.293 e. The van der Waals surface area contributed by atoms with Crippen LogP contribution in [-0.2, 0) is 11.3 Å². The summed E-state index contributed by atoms with van der Waals surface area (Å²) in [5.41, 5.74) is 3.76. The second-order valence-electron chi connectivity index (χ2n) is 7.58. The Morgan fingerprint density at radius 2 is 1.60 bits per heavy atom. The van der Waals surface area contributed by atoms with Crippen LogP contribution in [0.25, 0.3) is 17.2 Å². The van der Waals surface area contributed by atoms with Crippen molar-refractivity contribution in [3.63, 3.8) is 0 Å². The number of methoxy groups -OCH3 is 3. The van der Waals surface area contributed by atoms with Crippen LogP contribution in [0.15, 0.2) is 65.6 Å². The molecule has 0 unspecified atom stereocenters. The molecule has 35 heavy (non-hydrogen) atoms. The minimum Gasteiger partial charge on any atom is -0.493 e. The van der Waals surface area contributed by atoms with Gasteiger partial charge in [0.15, 0.2) is 11.5 Å². The Hall–Kier alpha value is -4.22. The number of ether oxygens (including phenoxy) is 3. The van der Waals surface area contributed by atoms with Gasteiger partial charge in [-0.3, -0.25) is 14.5 Å². The topological polar surface area (TPSA) is 88.9 Å². The second-order valence-corrected chi connectivity index (χ2v) is 8.57. The van der Waals surface area contributed by atoms with E-state index in [0.717, 1.165) is 28.5 Å². The fourth-order valence-electron chi connectivity index (χ4n) is 3.78. The Bertz CT molecular complexity index is 1330. The second kappa shape index (κ2) is 10.4. The van der Waals surface area contributed by atoms with Crippen molar-refractivity contribution in [2.24, 2.45) is 0 Å². The molecule has 0 saturated carbocycles. The van der Waals surface area contributed by atoms with Crippen LogP contribution < -0.4 is 14.2 Å². The highest BCUT2D eigenvalue weighted by atomic mass is 32.2. The molecule has 7 nitrogen and oxygen atoms in total. The number of thioether (sulfide) groups is 1. The molecule has 0 N–H and O–H groups in total. The molecule has 4 rings (SSSR count). The van der Waals surface area contributed by atoms with E-state index in [4.69, 9.17) is 14.2 Å². The van der Waals surface area contributed by atoms with Crippen LogP contribution in [0, 0.1) is 11.3 Å². The molecule has 1 saturated heterocycles. The number of rotatable bonds is 7. The third kappa shape index (κ3) is 4.86. The van der Waals surface area contributed by atoms with E-state index in [2.05, 4.69) is 6.07 Å². The maximum atomic E-state index is 13.0. The van der Waals surface area contributed by atoms with E-state index in [0.29, 0.717) is 33.3 Å². The molecule has 0 atom stereocenters. The Morgan fingerprint density at radius 1 is 0.943 bits per heavy atom. The highest BCUT2D eigenvalue weighted by Crippen LogP contribution is 2.40. The van der Waals surface area contributed by atoms with E-state index in [-0.39, 0.29) is 17.7 Å². The lowest BCUT2D eigenvalue weighted by Crippen LogP contribution is -2.27. The maximum absolute atomic E-state index is 13.0. The first-order chi connectivity index (χ1) is 17.0. The number of imide groups is 1. The van der Waals surface area contributed by atoms with Gasteiger partial charge >= 0.3 is 0 Å². The van der Waals surface area contributed by atoms with Crippen LogP contribution >= 0.6 is 11.8 Å². The van der Waals surface area contributed by atoms with Gasteiger partial charge in [-0.1, -0.05) is 42.5 Å². The van der Waals surface area contributed by atoms with Gasteiger partial charge in [0, 0.05) is 0 Å². The van der Waals surface area contributed by atoms with Crippen molar-refractivity contribution >= 4 is 29.0 Å². The van der Waals surface area contributed by atoms with Crippen LogP contribution in [0.4, 0.5) is 4.79 Å². The first kappa shape index (κ1) is 23.9. The van der Waals surface area contributed by atoms with Gasteiger partial charge in [0.25, 0.3) is 11.1 Å². The summed E-state index contributed by atoms with van der Waals surface area (Å²) in [5.74, 6) is 0.986. The average Bonchev–Trinajstić information content (AvgIpc) is 3.15. The van der Waals surface area contributed by atoms with Crippen LogP contribution in [0.5, 0.6) is 17.2 Å². The molecular weight excluding hydrogens is 464 g/mol. The highest BCUT2D eigenvalue weighted by molar-refractivity contribution is 8.18. The zero-order valence-electron chi connectivity index (χ0n) is 19.4. The predicted molar refractivity (Wildman–Crippen MR) is 134 cm³/mol.